The number of fused-ring (bicyclic) bond motifs is 1. The second-order valence-corrected chi connectivity index (χ2v) is 7.80. The first-order chi connectivity index (χ1) is 14.0. The topological polar surface area (TPSA) is 75.4 Å². The van der Waals surface area contributed by atoms with Gasteiger partial charge in [0.1, 0.15) is 0 Å². The SMILES string of the molecule is CCC(CC)(CN)C(=O)Nc1ccc(CC(=O)N2CCCc3ccccc32)cc1.Cl. The largest absolute Gasteiger partial charge is 0.329 e. The highest BCUT2D eigenvalue weighted by molar-refractivity contribution is 5.97. The molecule has 30 heavy (non-hydrogen) atoms. The Morgan fingerprint density at radius 3 is 2.37 bits per heavy atom. The van der Waals surface area contributed by atoms with Crippen molar-refractivity contribution in [1.29, 1.82) is 0 Å². The fourth-order valence-corrected chi connectivity index (χ4v) is 3.98. The van der Waals surface area contributed by atoms with Crippen LogP contribution in [0.1, 0.15) is 44.2 Å². The van der Waals surface area contributed by atoms with E-state index in [0.717, 1.165) is 36.3 Å². The Bertz CT molecular complexity index is 855. The van der Waals surface area contributed by atoms with Gasteiger partial charge in [0.05, 0.1) is 11.8 Å². The van der Waals surface area contributed by atoms with Crippen LogP contribution in [0.4, 0.5) is 11.4 Å². The monoisotopic (exact) mass is 429 g/mol. The maximum Gasteiger partial charge on any atom is 0.231 e. The number of nitrogens with two attached hydrogens (primary N) is 1. The Morgan fingerprint density at radius 1 is 1.07 bits per heavy atom. The van der Waals surface area contributed by atoms with Gasteiger partial charge in [-0.25, -0.2) is 0 Å². The lowest BCUT2D eigenvalue weighted by atomic mass is 9.81. The third-order valence-electron chi connectivity index (χ3n) is 6.20. The highest BCUT2D eigenvalue weighted by atomic mass is 35.5. The van der Waals surface area contributed by atoms with Gasteiger partial charge < -0.3 is 16.0 Å². The minimum Gasteiger partial charge on any atom is -0.329 e. The number of hydrogen-bond donors (Lipinski definition) is 2. The Hall–Kier alpha value is -2.37. The molecule has 0 aromatic heterocycles. The van der Waals surface area contributed by atoms with Gasteiger partial charge in [-0.05, 0) is 55.0 Å². The van der Waals surface area contributed by atoms with Gasteiger partial charge in [-0.1, -0.05) is 44.2 Å². The van der Waals surface area contributed by atoms with Gasteiger partial charge in [0.15, 0.2) is 0 Å². The van der Waals surface area contributed by atoms with E-state index in [1.54, 1.807) is 0 Å². The molecule has 1 aliphatic rings. The smallest absolute Gasteiger partial charge is 0.231 e. The zero-order valence-corrected chi connectivity index (χ0v) is 18.6. The van der Waals surface area contributed by atoms with Crippen molar-refractivity contribution in [3.05, 3.63) is 59.7 Å². The fraction of sp³-hybridized carbons (Fsp3) is 0.417. The van der Waals surface area contributed by atoms with Gasteiger partial charge in [-0.15, -0.1) is 12.4 Å². The minimum atomic E-state index is -0.531. The van der Waals surface area contributed by atoms with Crippen molar-refractivity contribution in [2.75, 3.05) is 23.3 Å². The molecule has 6 heteroatoms. The number of carbonyl (C=O) groups is 2. The number of anilines is 2. The lowest BCUT2D eigenvalue weighted by Crippen LogP contribution is -2.41. The first-order valence-electron chi connectivity index (χ1n) is 10.5. The summed E-state index contributed by atoms with van der Waals surface area (Å²) >= 11 is 0. The number of rotatable bonds is 7. The van der Waals surface area contributed by atoms with E-state index in [2.05, 4.69) is 11.4 Å². The highest BCUT2D eigenvalue weighted by Gasteiger charge is 2.33. The molecule has 162 valence electrons. The number of nitrogens with one attached hydrogen (secondary N) is 1. The molecular formula is C24H32ClN3O2. The molecule has 0 saturated heterocycles. The average Bonchev–Trinajstić information content (AvgIpc) is 2.76. The van der Waals surface area contributed by atoms with E-state index in [-0.39, 0.29) is 24.2 Å². The number of hydrogen-bond acceptors (Lipinski definition) is 3. The summed E-state index contributed by atoms with van der Waals surface area (Å²) in [6.07, 6.45) is 3.77. The summed E-state index contributed by atoms with van der Waals surface area (Å²) < 4.78 is 0. The number of aryl methyl sites for hydroxylation is 1. The molecule has 0 aliphatic carbocycles. The zero-order valence-electron chi connectivity index (χ0n) is 17.8. The molecule has 0 fully saturated rings. The average molecular weight is 430 g/mol. The molecule has 0 unspecified atom stereocenters. The van der Waals surface area contributed by atoms with Crippen LogP contribution in [0.3, 0.4) is 0 Å². The van der Waals surface area contributed by atoms with Crippen LogP contribution in [0.2, 0.25) is 0 Å². The first-order valence-corrected chi connectivity index (χ1v) is 10.5. The van der Waals surface area contributed by atoms with Crippen LogP contribution in [0, 0.1) is 5.41 Å². The molecule has 3 N–H and O–H groups in total. The van der Waals surface area contributed by atoms with Gasteiger partial charge in [-0.2, -0.15) is 0 Å². The van der Waals surface area contributed by atoms with Gasteiger partial charge in [-0.3, -0.25) is 9.59 Å². The van der Waals surface area contributed by atoms with Crippen LogP contribution in [0.25, 0.3) is 0 Å². The molecule has 0 radical (unpaired) electrons. The van der Waals surface area contributed by atoms with Crippen molar-refractivity contribution in [3.8, 4) is 0 Å². The molecular weight excluding hydrogens is 398 g/mol. The van der Waals surface area contributed by atoms with Crippen LogP contribution in [0.5, 0.6) is 0 Å². The van der Waals surface area contributed by atoms with Gasteiger partial charge in [0, 0.05) is 24.5 Å². The standard InChI is InChI=1S/C24H31N3O2.ClH/c1-3-24(4-2,17-25)23(29)26-20-13-11-18(12-14-20)16-22(28)27-15-7-9-19-8-5-6-10-21(19)27;/h5-6,8,10-14H,3-4,7,9,15-17,25H2,1-2H3,(H,26,29);1H. The maximum absolute atomic E-state index is 12.9. The summed E-state index contributed by atoms with van der Waals surface area (Å²) in [6.45, 7) is 5.07. The van der Waals surface area contributed by atoms with E-state index < -0.39 is 5.41 Å². The van der Waals surface area contributed by atoms with E-state index in [1.807, 2.05) is 61.2 Å². The lowest BCUT2D eigenvalue weighted by molar-refractivity contribution is -0.125. The van der Waals surface area contributed by atoms with Crippen LogP contribution in [-0.4, -0.2) is 24.9 Å². The van der Waals surface area contributed by atoms with Crippen molar-refractivity contribution in [2.45, 2.75) is 46.0 Å². The van der Waals surface area contributed by atoms with Gasteiger partial charge >= 0.3 is 0 Å². The van der Waals surface area contributed by atoms with Gasteiger partial charge in [0.25, 0.3) is 0 Å². The summed E-state index contributed by atoms with van der Waals surface area (Å²) in [6, 6.07) is 15.7. The van der Waals surface area contributed by atoms with Crippen molar-refractivity contribution in [1.82, 2.24) is 0 Å². The summed E-state index contributed by atoms with van der Waals surface area (Å²) in [5.41, 5.74) is 9.27. The van der Waals surface area contributed by atoms with Crippen LogP contribution >= 0.6 is 12.4 Å². The minimum absolute atomic E-state index is 0. The Morgan fingerprint density at radius 2 is 1.73 bits per heavy atom. The number of halogens is 1. The number of nitrogens with zero attached hydrogens (tertiary/aromatic N) is 1. The molecule has 2 aromatic rings. The van der Waals surface area contributed by atoms with E-state index in [1.165, 1.54) is 5.56 Å². The molecule has 2 aromatic carbocycles. The second-order valence-electron chi connectivity index (χ2n) is 7.80. The zero-order chi connectivity index (χ0) is 20.9. The summed E-state index contributed by atoms with van der Waals surface area (Å²) in [5.74, 6) is 0.0619. The Balaban J connectivity index is 0.00000320. The van der Waals surface area contributed by atoms with Gasteiger partial charge in [0.2, 0.25) is 11.8 Å². The molecule has 2 amide bonds. The second kappa shape index (κ2) is 10.6. The number of carbonyl (C=O) groups excluding carboxylic acids is 2. The van der Waals surface area contributed by atoms with Crippen LogP contribution in [-0.2, 0) is 22.4 Å². The molecule has 1 aliphatic heterocycles. The normalized spacial score (nSPS) is 13.2. The van der Waals surface area contributed by atoms with E-state index in [0.29, 0.717) is 25.8 Å². The third-order valence-corrected chi connectivity index (χ3v) is 6.20. The number of para-hydroxylation sites is 1. The fourth-order valence-electron chi connectivity index (χ4n) is 3.98. The Kier molecular flexibility index (Phi) is 8.44. The molecule has 1 heterocycles. The highest BCUT2D eigenvalue weighted by Crippen LogP contribution is 2.28. The molecule has 0 spiro atoms. The number of amides is 2. The third kappa shape index (κ3) is 5.02. The molecule has 5 nitrogen and oxygen atoms in total. The van der Waals surface area contributed by atoms with Crippen LogP contribution < -0.4 is 16.0 Å². The molecule has 0 saturated carbocycles. The van der Waals surface area contributed by atoms with Crippen molar-refractivity contribution in [2.24, 2.45) is 11.1 Å². The van der Waals surface area contributed by atoms with Crippen molar-refractivity contribution < 1.29 is 9.59 Å². The molecule has 0 atom stereocenters. The number of benzene rings is 2. The maximum atomic E-state index is 12.9. The summed E-state index contributed by atoms with van der Waals surface area (Å²) in [5, 5.41) is 2.98. The van der Waals surface area contributed by atoms with E-state index in [9.17, 15) is 9.59 Å². The Labute approximate surface area is 185 Å². The predicted octanol–water partition coefficient (Wildman–Crippen LogP) is 4.33. The van der Waals surface area contributed by atoms with Crippen molar-refractivity contribution in [3.63, 3.8) is 0 Å². The quantitative estimate of drug-likeness (QED) is 0.687. The summed E-state index contributed by atoms with van der Waals surface area (Å²) in [7, 11) is 0. The molecule has 0 bridgehead atoms. The van der Waals surface area contributed by atoms with E-state index >= 15 is 0 Å². The predicted molar refractivity (Wildman–Crippen MR) is 125 cm³/mol. The molecule has 3 rings (SSSR count). The lowest BCUT2D eigenvalue weighted by Gasteiger charge is -2.29. The van der Waals surface area contributed by atoms with E-state index in [4.69, 9.17) is 5.73 Å². The van der Waals surface area contributed by atoms with Crippen molar-refractivity contribution >= 4 is 35.6 Å². The summed E-state index contributed by atoms with van der Waals surface area (Å²) in [4.78, 5) is 27.4. The first kappa shape index (κ1) is 23.9. The van der Waals surface area contributed by atoms with Crippen LogP contribution in [0.15, 0.2) is 48.5 Å².